The van der Waals surface area contributed by atoms with E-state index in [1.165, 1.54) is 14.6 Å². The molecule has 0 atom stereocenters. The van der Waals surface area contributed by atoms with Crippen molar-refractivity contribution in [3.8, 4) is 0 Å². The molecule has 5 heavy (non-hydrogen) atoms. The highest BCUT2D eigenvalue weighted by Crippen LogP contribution is 1.45. The lowest BCUT2D eigenvalue weighted by Crippen LogP contribution is -1.91. The molecule has 0 aromatic heterocycles. The lowest BCUT2D eigenvalue weighted by molar-refractivity contribution is 0.453. The molecule has 0 amide bonds. The summed E-state index contributed by atoms with van der Waals surface area (Å²) < 4.78 is 4.32. The molecule has 0 aromatic carbocycles. The van der Waals surface area contributed by atoms with Crippen molar-refractivity contribution in [2.24, 2.45) is 0 Å². The summed E-state index contributed by atoms with van der Waals surface area (Å²) in [6.45, 7) is 0. The number of hydrogen-bond donors (Lipinski definition) is 1. The number of nitrogens with one attached hydrogen (secondary N) is 1. The van der Waals surface area contributed by atoms with Gasteiger partial charge >= 0.3 is 7.48 Å². The molecular weight excluding hydrogens is 64.8 g/mol. The minimum absolute atomic E-state index is 1.08. The lowest BCUT2D eigenvalue weighted by atomic mass is 10.1. The fourth-order valence-electron chi connectivity index (χ4n) is 0.0680. The summed E-state index contributed by atoms with van der Waals surface area (Å²) in [5, 5.41) is 6.30. The predicted molar refractivity (Wildman–Crippen MR) is 21.5 cm³/mol. The summed E-state index contributed by atoms with van der Waals surface area (Å²) in [7, 11) is 2.80. The van der Waals surface area contributed by atoms with Crippen molar-refractivity contribution < 1.29 is 4.65 Å². The standard InChI is InChI=1S/C2H5BNO/c1-5-3-2-4/h2,4H,1H3. The highest BCUT2D eigenvalue weighted by atomic mass is 16.4. The molecule has 0 rings (SSSR count). The van der Waals surface area contributed by atoms with Crippen LogP contribution in [-0.2, 0) is 4.65 Å². The minimum Gasteiger partial charge on any atom is -0.436 e. The molecule has 0 aliphatic carbocycles. The van der Waals surface area contributed by atoms with E-state index in [1.54, 1.807) is 0 Å². The van der Waals surface area contributed by atoms with Crippen LogP contribution in [0.3, 0.4) is 0 Å². The first kappa shape index (κ1) is 4.69. The van der Waals surface area contributed by atoms with Gasteiger partial charge in [-0.15, -0.1) is 0 Å². The summed E-state index contributed by atoms with van der Waals surface area (Å²) in [4.78, 5) is 0. The first-order valence-electron chi connectivity index (χ1n) is 1.27. The summed E-state index contributed by atoms with van der Waals surface area (Å²) >= 11 is 0. The van der Waals surface area contributed by atoms with E-state index >= 15 is 0 Å². The quantitative estimate of drug-likeness (QED) is 0.356. The van der Waals surface area contributed by atoms with Gasteiger partial charge < -0.3 is 10.1 Å². The molecule has 1 radical (unpaired) electrons. The molecular formula is C2H5BNO. The van der Waals surface area contributed by atoms with Crippen molar-refractivity contribution in [1.82, 2.24) is 0 Å². The van der Waals surface area contributed by atoms with Gasteiger partial charge in [-0.05, 0) is 6.11 Å². The van der Waals surface area contributed by atoms with E-state index in [-0.39, 0.29) is 0 Å². The summed E-state index contributed by atoms with van der Waals surface area (Å²) in [5.41, 5.74) is 0. The Hall–Kier alpha value is -0.305. The van der Waals surface area contributed by atoms with Crippen LogP contribution in [0, 0.1) is 5.41 Å². The Morgan fingerprint density at radius 2 is 2.60 bits per heavy atom. The zero-order chi connectivity index (χ0) is 4.12. The van der Waals surface area contributed by atoms with Gasteiger partial charge in [0.2, 0.25) is 0 Å². The van der Waals surface area contributed by atoms with Crippen molar-refractivity contribution in [2.75, 3.05) is 7.11 Å². The van der Waals surface area contributed by atoms with E-state index in [0.29, 0.717) is 0 Å². The highest BCUT2D eigenvalue weighted by Gasteiger charge is 1.69. The van der Waals surface area contributed by atoms with E-state index in [2.05, 4.69) is 4.65 Å². The Bertz CT molecular complexity index is 30.8. The van der Waals surface area contributed by atoms with Crippen molar-refractivity contribution in [3.05, 3.63) is 0 Å². The molecule has 0 saturated carbocycles. The first-order valence-corrected chi connectivity index (χ1v) is 1.27. The molecule has 1 N–H and O–H groups in total. The maximum Gasteiger partial charge on any atom is 0.341 e. The second-order valence-electron chi connectivity index (χ2n) is 0.538. The van der Waals surface area contributed by atoms with Gasteiger partial charge in [-0.3, -0.25) is 0 Å². The average Bonchev–Trinajstić information content (AvgIpc) is 1.41. The van der Waals surface area contributed by atoms with Crippen LogP contribution in [0.2, 0.25) is 0 Å². The van der Waals surface area contributed by atoms with E-state index in [4.69, 9.17) is 5.41 Å². The first-order chi connectivity index (χ1) is 2.41. The molecule has 2 nitrogen and oxygen atoms in total. The summed E-state index contributed by atoms with van der Waals surface area (Å²) in [6.07, 6.45) is 1.08. The summed E-state index contributed by atoms with van der Waals surface area (Å²) in [6, 6.07) is 0. The molecule has 0 fully saturated rings. The maximum atomic E-state index is 6.30. The van der Waals surface area contributed by atoms with Crippen LogP contribution < -0.4 is 0 Å². The van der Waals surface area contributed by atoms with Gasteiger partial charge in [-0.2, -0.15) is 0 Å². The Morgan fingerprint density at radius 1 is 2.00 bits per heavy atom. The second-order valence-corrected chi connectivity index (χ2v) is 0.538. The van der Waals surface area contributed by atoms with Gasteiger partial charge in [0.15, 0.2) is 0 Å². The molecule has 0 unspecified atom stereocenters. The van der Waals surface area contributed by atoms with Crippen LogP contribution in [0.4, 0.5) is 0 Å². The molecule has 0 bridgehead atoms. The fourth-order valence-corrected chi connectivity index (χ4v) is 0.0680. The molecule has 0 saturated heterocycles. The van der Waals surface area contributed by atoms with Gasteiger partial charge in [0.25, 0.3) is 0 Å². The van der Waals surface area contributed by atoms with Crippen molar-refractivity contribution in [3.63, 3.8) is 0 Å². The molecule has 0 spiro atoms. The molecule has 27 valence electrons. The van der Waals surface area contributed by atoms with Crippen molar-refractivity contribution >= 4 is 13.6 Å². The SMILES string of the molecule is CO[B]C=N. The van der Waals surface area contributed by atoms with Gasteiger partial charge in [0.05, 0.1) is 0 Å². The van der Waals surface area contributed by atoms with Gasteiger partial charge in [-0.25, -0.2) is 0 Å². The smallest absolute Gasteiger partial charge is 0.341 e. The Labute approximate surface area is 31.9 Å². The lowest BCUT2D eigenvalue weighted by Gasteiger charge is -1.74. The predicted octanol–water partition coefficient (Wildman–Crippen LogP) is -0.141. The third-order valence-corrected chi connectivity index (χ3v) is 0.204. The van der Waals surface area contributed by atoms with Crippen LogP contribution >= 0.6 is 0 Å². The van der Waals surface area contributed by atoms with E-state index in [0.717, 1.165) is 6.11 Å². The largest absolute Gasteiger partial charge is 0.436 e. The Balaban J connectivity index is 2.40. The number of hydrogen-bond acceptors (Lipinski definition) is 2. The van der Waals surface area contributed by atoms with Crippen LogP contribution in [0.1, 0.15) is 0 Å². The van der Waals surface area contributed by atoms with E-state index < -0.39 is 0 Å². The molecule has 3 heteroatoms. The normalized spacial score (nSPS) is 6.60. The van der Waals surface area contributed by atoms with Crippen LogP contribution in [0.5, 0.6) is 0 Å². The molecule has 0 heterocycles. The zero-order valence-corrected chi connectivity index (χ0v) is 3.06. The van der Waals surface area contributed by atoms with Gasteiger partial charge in [0.1, 0.15) is 0 Å². The van der Waals surface area contributed by atoms with Crippen LogP contribution in [-0.4, -0.2) is 20.7 Å². The van der Waals surface area contributed by atoms with Crippen molar-refractivity contribution in [1.29, 1.82) is 5.41 Å². The van der Waals surface area contributed by atoms with Crippen molar-refractivity contribution in [2.45, 2.75) is 0 Å². The van der Waals surface area contributed by atoms with Crippen LogP contribution in [0.25, 0.3) is 0 Å². The monoisotopic (exact) mass is 70.0 g/mol. The highest BCUT2D eigenvalue weighted by molar-refractivity contribution is 6.61. The molecule has 0 aromatic rings. The van der Waals surface area contributed by atoms with Gasteiger partial charge in [0, 0.05) is 7.11 Å². The summed E-state index contributed by atoms with van der Waals surface area (Å²) in [5.74, 6) is 0. The zero-order valence-electron chi connectivity index (χ0n) is 3.06. The molecule has 0 aliphatic rings. The fraction of sp³-hybridized carbons (Fsp3) is 0.500. The number of rotatable bonds is 2. The third kappa shape index (κ3) is 3.69. The molecule has 0 aliphatic heterocycles. The second kappa shape index (κ2) is 3.69. The van der Waals surface area contributed by atoms with Gasteiger partial charge in [-0.1, -0.05) is 0 Å². The average molecular weight is 69.9 g/mol. The van der Waals surface area contributed by atoms with E-state index in [9.17, 15) is 0 Å². The van der Waals surface area contributed by atoms with E-state index in [1.807, 2.05) is 0 Å². The Kier molecular flexibility index (Phi) is 3.47. The Morgan fingerprint density at radius 3 is 2.60 bits per heavy atom. The van der Waals surface area contributed by atoms with Crippen LogP contribution in [0.15, 0.2) is 0 Å². The minimum atomic E-state index is 1.08. The topological polar surface area (TPSA) is 33.1 Å². The third-order valence-electron chi connectivity index (χ3n) is 0.204. The maximum absolute atomic E-state index is 6.30.